The summed E-state index contributed by atoms with van der Waals surface area (Å²) in [5.74, 6) is -0.981. The average molecular weight is 147 g/mol. The fraction of sp³-hybridized carbons (Fsp3) is 0.500. The maximum atomic E-state index is 9.25. The van der Waals surface area contributed by atoms with Gasteiger partial charge in [-0.05, 0) is 0 Å². The Kier molecular flexibility index (Phi) is 13.1. The molecule has 0 atom stereocenters. The van der Waals surface area contributed by atoms with Crippen LogP contribution in [0, 0.1) is 0 Å². The van der Waals surface area contributed by atoms with Crippen LogP contribution in [-0.4, -0.2) is 31.3 Å². The number of carboxylic acids is 1. The van der Waals surface area contributed by atoms with Gasteiger partial charge >= 0.3 is 5.97 Å². The van der Waals surface area contributed by atoms with Crippen molar-refractivity contribution in [1.29, 1.82) is 0 Å². The molecule has 0 radical (unpaired) electrons. The average Bonchev–Trinajstić information content (AvgIpc) is 1.91. The molecule has 3 N–H and O–H groups in total. The Hall–Kier alpha value is -0.870. The molecule has 0 aromatic heterocycles. The zero-order chi connectivity index (χ0) is 8.41. The first-order valence-corrected chi connectivity index (χ1v) is 2.73. The van der Waals surface area contributed by atoms with Crippen molar-refractivity contribution < 1.29 is 14.6 Å². The highest BCUT2D eigenvalue weighted by Gasteiger charge is 1.73. The number of rotatable bonds is 3. The highest BCUT2D eigenvalue weighted by Crippen LogP contribution is 1.54. The second-order valence-electron chi connectivity index (χ2n) is 1.32. The number of methoxy groups -OCH3 is 1. The normalized spacial score (nSPS) is 7.40. The summed E-state index contributed by atoms with van der Waals surface area (Å²) >= 11 is 0. The SMILES string of the molecule is C=CC(=O)O.COCCN. The molecular formula is C6H13NO3. The molecule has 0 rings (SSSR count). The van der Waals surface area contributed by atoms with Crippen molar-refractivity contribution >= 4 is 5.97 Å². The second-order valence-corrected chi connectivity index (χ2v) is 1.32. The first-order chi connectivity index (χ1) is 4.68. The molecule has 0 aromatic rings. The molecule has 0 spiro atoms. The minimum absolute atomic E-state index is 0.622. The van der Waals surface area contributed by atoms with Gasteiger partial charge in [-0.1, -0.05) is 6.58 Å². The monoisotopic (exact) mass is 147 g/mol. The minimum atomic E-state index is -0.981. The molecular weight excluding hydrogens is 134 g/mol. The second kappa shape index (κ2) is 11.0. The van der Waals surface area contributed by atoms with E-state index in [0.717, 1.165) is 6.08 Å². The molecule has 60 valence electrons. The van der Waals surface area contributed by atoms with Gasteiger partial charge in [0.1, 0.15) is 0 Å². The van der Waals surface area contributed by atoms with E-state index in [1.807, 2.05) is 0 Å². The zero-order valence-electron chi connectivity index (χ0n) is 6.04. The number of carboxylic acid groups (broad SMARTS) is 1. The van der Waals surface area contributed by atoms with E-state index in [2.05, 4.69) is 11.3 Å². The fourth-order valence-corrected chi connectivity index (χ4v) is 0.118. The van der Waals surface area contributed by atoms with Crippen molar-refractivity contribution in [1.82, 2.24) is 0 Å². The van der Waals surface area contributed by atoms with Gasteiger partial charge in [0, 0.05) is 19.7 Å². The molecule has 0 saturated heterocycles. The molecule has 0 aliphatic rings. The summed E-state index contributed by atoms with van der Waals surface area (Å²) in [4.78, 5) is 9.25. The number of nitrogens with two attached hydrogens (primary N) is 1. The van der Waals surface area contributed by atoms with Crippen LogP contribution in [0.3, 0.4) is 0 Å². The number of aliphatic carboxylic acids is 1. The molecule has 0 aliphatic heterocycles. The van der Waals surface area contributed by atoms with E-state index in [9.17, 15) is 4.79 Å². The van der Waals surface area contributed by atoms with Gasteiger partial charge in [0.2, 0.25) is 0 Å². The zero-order valence-corrected chi connectivity index (χ0v) is 6.04. The first-order valence-electron chi connectivity index (χ1n) is 2.73. The molecule has 0 aromatic carbocycles. The Bertz CT molecular complexity index is 91.0. The summed E-state index contributed by atoms with van der Waals surface area (Å²) < 4.78 is 4.57. The Morgan fingerprint density at radius 2 is 2.30 bits per heavy atom. The van der Waals surface area contributed by atoms with Gasteiger partial charge in [-0.15, -0.1) is 0 Å². The number of hydrogen-bond acceptors (Lipinski definition) is 3. The summed E-state index contributed by atoms with van der Waals surface area (Å²) in [6.45, 7) is 4.25. The van der Waals surface area contributed by atoms with Crippen LogP contribution in [0.1, 0.15) is 0 Å². The lowest BCUT2D eigenvalue weighted by molar-refractivity contribution is -0.131. The Balaban J connectivity index is 0. The van der Waals surface area contributed by atoms with Crippen LogP contribution in [0.2, 0.25) is 0 Å². The van der Waals surface area contributed by atoms with Crippen LogP contribution in [0.25, 0.3) is 0 Å². The first kappa shape index (κ1) is 11.9. The molecule has 0 amide bonds. The fourth-order valence-electron chi connectivity index (χ4n) is 0.118. The molecule has 0 bridgehead atoms. The summed E-state index contributed by atoms with van der Waals surface area (Å²) in [6.07, 6.45) is 0.833. The maximum Gasteiger partial charge on any atom is 0.327 e. The van der Waals surface area contributed by atoms with E-state index < -0.39 is 5.97 Å². The van der Waals surface area contributed by atoms with Crippen LogP contribution in [0.5, 0.6) is 0 Å². The van der Waals surface area contributed by atoms with Gasteiger partial charge in [0.15, 0.2) is 0 Å². The molecule has 0 unspecified atom stereocenters. The maximum absolute atomic E-state index is 9.25. The molecule has 0 aliphatic carbocycles. The third kappa shape index (κ3) is 27.3. The van der Waals surface area contributed by atoms with Crippen molar-refractivity contribution in [3.05, 3.63) is 12.7 Å². The molecule has 0 heterocycles. The van der Waals surface area contributed by atoms with Crippen LogP contribution >= 0.6 is 0 Å². The number of carbonyl (C=O) groups is 1. The van der Waals surface area contributed by atoms with E-state index in [1.54, 1.807) is 7.11 Å². The quantitative estimate of drug-likeness (QED) is 0.544. The van der Waals surface area contributed by atoms with Crippen LogP contribution in [0.4, 0.5) is 0 Å². The number of ether oxygens (including phenoxy) is 1. The van der Waals surface area contributed by atoms with Gasteiger partial charge in [0.05, 0.1) is 6.61 Å². The summed E-state index contributed by atoms with van der Waals surface area (Å²) in [5, 5.41) is 7.60. The molecule has 0 fully saturated rings. The smallest absolute Gasteiger partial charge is 0.327 e. The van der Waals surface area contributed by atoms with Crippen molar-refractivity contribution in [3.63, 3.8) is 0 Å². The lowest BCUT2D eigenvalue weighted by Crippen LogP contribution is -2.05. The van der Waals surface area contributed by atoms with Gasteiger partial charge in [-0.3, -0.25) is 0 Å². The predicted octanol–water partition coefficient (Wildman–Crippen LogP) is -0.151. The predicted molar refractivity (Wildman–Crippen MR) is 38.8 cm³/mol. The van der Waals surface area contributed by atoms with E-state index in [-0.39, 0.29) is 0 Å². The third-order valence-corrected chi connectivity index (χ3v) is 0.497. The highest BCUT2D eigenvalue weighted by atomic mass is 16.5. The summed E-state index contributed by atoms with van der Waals surface area (Å²) in [5.41, 5.74) is 5.01. The Morgan fingerprint density at radius 3 is 2.30 bits per heavy atom. The van der Waals surface area contributed by atoms with E-state index >= 15 is 0 Å². The summed E-state index contributed by atoms with van der Waals surface area (Å²) in [7, 11) is 1.63. The minimum Gasteiger partial charge on any atom is -0.478 e. The van der Waals surface area contributed by atoms with Crippen molar-refractivity contribution in [2.24, 2.45) is 5.73 Å². The summed E-state index contributed by atoms with van der Waals surface area (Å²) in [6, 6.07) is 0. The third-order valence-electron chi connectivity index (χ3n) is 0.497. The van der Waals surface area contributed by atoms with Crippen LogP contribution in [-0.2, 0) is 9.53 Å². The van der Waals surface area contributed by atoms with E-state index in [4.69, 9.17) is 10.8 Å². The Labute approximate surface area is 60.3 Å². The molecule has 10 heavy (non-hydrogen) atoms. The van der Waals surface area contributed by atoms with Gasteiger partial charge in [-0.2, -0.15) is 0 Å². The molecule has 4 heteroatoms. The molecule has 0 saturated carbocycles. The van der Waals surface area contributed by atoms with E-state index in [0.29, 0.717) is 13.2 Å². The van der Waals surface area contributed by atoms with Gasteiger partial charge in [-0.25, -0.2) is 4.79 Å². The van der Waals surface area contributed by atoms with Crippen LogP contribution in [0.15, 0.2) is 12.7 Å². The standard InChI is InChI=1S/C3H9NO.C3H4O2/c1-5-3-2-4;1-2-3(4)5/h2-4H2,1H3;2H,1H2,(H,4,5). The van der Waals surface area contributed by atoms with Gasteiger partial charge < -0.3 is 15.6 Å². The lowest BCUT2D eigenvalue weighted by Gasteiger charge is -1.85. The topological polar surface area (TPSA) is 72.5 Å². The van der Waals surface area contributed by atoms with Crippen LogP contribution < -0.4 is 5.73 Å². The van der Waals surface area contributed by atoms with Crippen molar-refractivity contribution in [3.8, 4) is 0 Å². The lowest BCUT2D eigenvalue weighted by atomic mass is 10.7. The van der Waals surface area contributed by atoms with E-state index in [1.165, 1.54) is 0 Å². The highest BCUT2D eigenvalue weighted by molar-refractivity contribution is 5.78. The van der Waals surface area contributed by atoms with Crippen molar-refractivity contribution in [2.75, 3.05) is 20.3 Å². The number of hydrogen-bond donors (Lipinski definition) is 2. The largest absolute Gasteiger partial charge is 0.478 e. The van der Waals surface area contributed by atoms with Gasteiger partial charge in [0.25, 0.3) is 0 Å². The molecule has 4 nitrogen and oxygen atoms in total. The Morgan fingerprint density at radius 1 is 1.90 bits per heavy atom. The van der Waals surface area contributed by atoms with Crippen molar-refractivity contribution in [2.45, 2.75) is 0 Å².